The molecular weight excluding hydrogens is 777 g/mol. The second kappa shape index (κ2) is 18.0. The molecule has 15 heteroatoms. The van der Waals surface area contributed by atoms with Gasteiger partial charge in [-0.3, -0.25) is 4.79 Å². The van der Waals surface area contributed by atoms with E-state index in [1.807, 2.05) is 18.2 Å². The van der Waals surface area contributed by atoms with Gasteiger partial charge in [-0.05, 0) is 84.5 Å². The van der Waals surface area contributed by atoms with Crippen molar-refractivity contribution in [2.24, 2.45) is 0 Å². The molecule has 1 amide bonds. The van der Waals surface area contributed by atoms with Crippen LogP contribution in [0.4, 0.5) is 26.3 Å². The van der Waals surface area contributed by atoms with Crippen molar-refractivity contribution in [1.82, 2.24) is 5.32 Å². The van der Waals surface area contributed by atoms with Crippen LogP contribution in [-0.4, -0.2) is 37.1 Å². The third-order valence-electron chi connectivity index (χ3n) is 9.05. The van der Waals surface area contributed by atoms with Crippen LogP contribution in [-0.2, 0) is 28.9 Å². The van der Waals surface area contributed by atoms with Crippen molar-refractivity contribution in [1.29, 1.82) is 0 Å². The Bertz CT molecular complexity index is 2250. The molecule has 5 rings (SSSR count). The molecular formula is C42H37F6NO7S. The van der Waals surface area contributed by atoms with E-state index in [9.17, 15) is 54.6 Å². The van der Waals surface area contributed by atoms with Gasteiger partial charge in [0.1, 0.15) is 16.2 Å². The number of aromatic hydroxyl groups is 1. The SMILES string of the molecule is O=C(NCCCCCCCCc1ccccc1)c1cc(-c2cccc(C(F)(F)F)c2)c(OS(=O)(=O)c2ccc(C(=O)O)c(O)c2)c(-c2cccc(C(F)(F)F)c2)c1. The quantitative estimate of drug-likeness (QED) is 0.0514. The fourth-order valence-electron chi connectivity index (χ4n) is 6.12. The first kappa shape index (κ1) is 42.3. The Hall–Kier alpha value is -5.83. The van der Waals surface area contributed by atoms with Gasteiger partial charge in [0.05, 0.1) is 11.1 Å². The number of phenols is 1. The van der Waals surface area contributed by atoms with Crippen molar-refractivity contribution >= 4 is 22.0 Å². The lowest BCUT2D eigenvalue weighted by molar-refractivity contribution is -0.138. The maximum atomic E-state index is 13.9. The lowest BCUT2D eigenvalue weighted by Gasteiger charge is -2.20. The molecule has 0 heterocycles. The summed E-state index contributed by atoms with van der Waals surface area (Å²) in [6.45, 7) is 0.198. The Morgan fingerprint density at radius 1 is 0.649 bits per heavy atom. The van der Waals surface area contributed by atoms with E-state index in [1.54, 1.807) is 0 Å². The molecule has 3 N–H and O–H groups in total. The highest BCUT2D eigenvalue weighted by Crippen LogP contribution is 2.44. The predicted molar refractivity (Wildman–Crippen MR) is 200 cm³/mol. The van der Waals surface area contributed by atoms with Crippen LogP contribution in [0.2, 0.25) is 0 Å². The minimum atomic E-state index is -5.09. The highest BCUT2D eigenvalue weighted by atomic mass is 32.2. The number of nitrogens with one attached hydrogen (secondary N) is 1. The summed E-state index contributed by atoms with van der Waals surface area (Å²) in [5, 5.41) is 22.2. The molecule has 0 aliphatic carbocycles. The Labute approximate surface area is 324 Å². The third-order valence-corrected chi connectivity index (χ3v) is 10.3. The molecule has 0 aliphatic rings. The Morgan fingerprint density at radius 2 is 1.19 bits per heavy atom. The second-order valence-electron chi connectivity index (χ2n) is 13.2. The monoisotopic (exact) mass is 813 g/mol. The largest absolute Gasteiger partial charge is 0.507 e. The average Bonchev–Trinajstić information content (AvgIpc) is 3.16. The lowest BCUT2D eigenvalue weighted by atomic mass is 9.92. The molecule has 0 saturated carbocycles. The number of aryl methyl sites for hydroxylation is 1. The van der Waals surface area contributed by atoms with E-state index in [0.29, 0.717) is 24.6 Å². The van der Waals surface area contributed by atoms with Crippen molar-refractivity contribution in [3.05, 3.63) is 137 Å². The molecule has 8 nitrogen and oxygen atoms in total. The smallest absolute Gasteiger partial charge is 0.416 e. The summed E-state index contributed by atoms with van der Waals surface area (Å²) in [7, 11) is -5.09. The maximum Gasteiger partial charge on any atom is 0.416 e. The summed E-state index contributed by atoms with van der Waals surface area (Å²) >= 11 is 0. The standard InChI is InChI=1S/C42H37F6NO7S/c43-41(44,45)31-17-10-15-28(22-31)35-24-30(39(51)49-21-9-4-2-1-3-6-12-27-13-7-5-8-14-27)25-36(29-16-11-18-32(23-29)42(46,47)48)38(35)56-57(54,55)33-19-20-34(40(52)53)37(50)26-33/h5,7-8,10-11,13-20,22-26,50H,1-4,6,9,12,21H2,(H,49,51)(H,52,53). The maximum absolute atomic E-state index is 13.9. The summed E-state index contributed by atoms with van der Waals surface area (Å²) in [4.78, 5) is 24.2. The van der Waals surface area contributed by atoms with E-state index < -0.39 is 78.6 Å². The zero-order valence-electron chi connectivity index (χ0n) is 30.2. The van der Waals surface area contributed by atoms with Crippen LogP contribution >= 0.6 is 0 Å². The number of carbonyl (C=O) groups excluding carboxylic acids is 1. The first-order valence-electron chi connectivity index (χ1n) is 17.8. The minimum absolute atomic E-state index is 0.198. The molecule has 57 heavy (non-hydrogen) atoms. The van der Waals surface area contributed by atoms with Crippen molar-refractivity contribution in [3.63, 3.8) is 0 Å². The third kappa shape index (κ3) is 11.2. The summed E-state index contributed by atoms with van der Waals surface area (Å²) < 4.78 is 116. The molecule has 5 aromatic rings. The predicted octanol–water partition coefficient (Wildman–Crippen LogP) is 10.5. The van der Waals surface area contributed by atoms with Gasteiger partial charge in [0.15, 0.2) is 5.75 Å². The number of unbranched alkanes of at least 4 members (excludes halogenated alkanes) is 5. The number of amides is 1. The molecule has 300 valence electrons. The molecule has 0 spiro atoms. The van der Waals surface area contributed by atoms with Gasteiger partial charge in [0.25, 0.3) is 5.91 Å². The zero-order chi connectivity index (χ0) is 41.4. The van der Waals surface area contributed by atoms with Gasteiger partial charge in [-0.2, -0.15) is 34.8 Å². The fourth-order valence-corrected chi connectivity index (χ4v) is 7.11. The van der Waals surface area contributed by atoms with E-state index >= 15 is 0 Å². The van der Waals surface area contributed by atoms with E-state index in [0.717, 1.165) is 87.1 Å². The molecule has 0 fully saturated rings. The molecule has 5 aromatic carbocycles. The summed E-state index contributed by atoms with van der Waals surface area (Å²) in [5.41, 5.74) is -3.30. The van der Waals surface area contributed by atoms with E-state index in [2.05, 4.69) is 17.4 Å². The first-order valence-corrected chi connectivity index (χ1v) is 19.2. The van der Waals surface area contributed by atoms with Gasteiger partial charge in [-0.25, -0.2) is 4.79 Å². The van der Waals surface area contributed by atoms with Gasteiger partial charge < -0.3 is 19.7 Å². The van der Waals surface area contributed by atoms with Crippen LogP contribution in [0.5, 0.6) is 11.5 Å². The number of carboxylic acid groups (broad SMARTS) is 1. The van der Waals surface area contributed by atoms with Crippen molar-refractivity contribution < 1.29 is 58.7 Å². The summed E-state index contributed by atoms with van der Waals surface area (Å²) in [6.07, 6.45) is -3.46. The van der Waals surface area contributed by atoms with Gasteiger partial charge >= 0.3 is 28.4 Å². The van der Waals surface area contributed by atoms with E-state index in [1.165, 1.54) is 17.7 Å². The van der Waals surface area contributed by atoms with Crippen molar-refractivity contribution in [2.45, 2.75) is 62.2 Å². The Balaban J connectivity index is 1.50. The summed E-state index contributed by atoms with van der Waals surface area (Å²) in [6, 6.07) is 21.6. The Morgan fingerprint density at radius 3 is 1.72 bits per heavy atom. The normalized spacial score (nSPS) is 12.0. The van der Waals surface area contributed by atoms with Crippen LogP contribution in [0.3, 0.4) is 0 Å². The number of hydrogen-bond donors (Lipinski definition) is 3. The topological polar surface area (TPSA) is 130 Å². The molecule has 0 aromatic heterocycles. The number of benzene rings is 5. The van der Waals surface area contributed by atoms with E-state index in [-0.39, 0.29) is 23.2 Å². The molecule has 0 aliphatic heterocycles. The van der Waals surface area contributed by atoms with Gasteiger partial charge in [-0.15, -0.1) is 0 Å². The van der Waals surface area contributed by atoms with Crippen LogP contribution in [0, 0.1) is 0 Å². The molecule has 0 bridgehead atoms. The van der Waals surface area contributed by atoms with Crippen LogP contribution < -0.4 is 9.50 Å². The van der Waals surface area contributed by atoms with E-state index in [4.69, 9.17) is 4.18 Å². The number of carboxylic acids is 1. The number of hydrogen-bond acceptors (Lipinski definition) is 6. The summed E-state index contributed by atoms with van der Waals surface area (Å²) in [5.74, 6) is -4.01. The van der Waals surface area contributed by atoms with Crippen LogP contribution in [0.1, 0.15) is 75.9 Å². The molecule has 0 unspecified atom stereocenters. The molecule has 0 atom stereocenters. The van der Waals surface area contributed by atoms with Gasteiger partial charge in [0, 0.05) is 29.3 Å². The second-order valence-corrected chi connectivity index (χ2v) is 14.7. The fraction of sp³-hybridized carbons (Fsp3) is 0.238. The number of rotatable bonds is 16. The highest BCUT2D eigenvalue weighted by molar-refractivity contribution is 7.87. The van der Waals surface area contributed by atoms with Gasteiger partial charge in [-0.1, -0.05) is 80.3 Å². The molecule has 0 saturated heterocycles. The number of halogens is 6. The van der Waals surface area contributed by atoms with Crippen LogP contribution in [0.15, 0.2) is 114 Å². The zero-order valence-corrected chi connectivity index (χ0v) is 31.0. The number of carbonyl (C=O) groups is 2. The van der Waals surface area contributed by atoms with Crippen molar-refractivity contribution in [3.8, 4) is 33.8 Å². The van der Waals surface area contributed by atoms with Crippen LogP contribution in [0.25, 0.3) is 22.3 Å². The minimum Gasteiger partial charge on any atom is -0.507 e. The highest BCUT2D eigenvalue weighted by Gasteiger charge is 2.33. The average molecular weight is 814 g/mol. The molecule has 0 radical (unpaired) electrons. The Kier molecular flexibility index (Phi) is 13.3. The van der Waals surface area contributed by atoms with Gasteiger partial charge in [0.2, 0.25) is 0 Å². The number of aromatic carboxylic acids is 1. The van der Waals surface area contributed by atoms with Crippen molar-refractivity contribution in [2.75, 3.05) is 6.54 Å². The number of alkyl halides is 6. The first-order chi connectivity index (χ1) is 26.9. The lowest BCUT2D eigenvalue weighted by Crippen LogP contribution is -2.24.